The topological polar surface area (TPSA) is 65.1 Å². The van der Waals surface area contributed by atoms with E-state index in [1.54, 1.807) is 23.1 Å². The van der Waals surface area contributed by atoms with Crippen LogP contribution >= 0.6 is 39.9 Å². The van der Waals surface area contributed by atoms with Crippen LogP contribution in [-0.4, -0.2) is 41.9 Å². The number of thiocarbonyl (C=S) groups is 1. The van der Waals surface area contributed by atoms with Gasteiger partial charge >= 0.3 is 5.97 Å². The molecule has 0 bridgehead atoms. The second-order valence-electron chi connectivity index (χ2n) is 6.64. The first-order valence-corrected chi connectivity index (χ1v) is 11.2. The first-order valence-electron chi connectivity index (χ1n) is 9.20. The maximum atomic E-state index is 13.0. The molecule has 1 heterocycles. The molecule has 0 aliphatic carbocycles. The molecule has 0 atom stereocenters. The Morgan fingerprint density at radius 3 is 2.55 bits per heavy atom. The van der Waals surface area contributed by atoms with Crippen LogP contribution in [0.4, 0.5) is 0 Å². The highest BCUT2D eigenvalue weighted by atomic mass is 79.9. The molecule has 1 saturated heterocycles. The van der Waals surface area contributed by atoms with Crippen LogP contribution in [0.25, 0.3) is 6.08 Å². The third-order valence-corrected chi connectivity index (χ3v) is 6.54. The van der Waals surface area contributed by atoms with Crippen molar-refractivity contribution in [1.29, 1.82) is 0 Å². The summed E-state index contributed by atoms with van der Waals surface area (Å²) >= 11 is 10.2. The number of nitrogens with zero attached hydrogens (tertiary/aromatic N) is 1. The lowest BCUT2D eigenvalue weighted by molar-refractivity contribution is -0.142. The van der Waals surface area contributed by atoms with E-state index >= 15 is 0 Å². The second-order valence-corrected chi connectivity index (χ2v) is 9.17. The van der Waals surface area contributed by atoms with E-state index in [-0.39, 0.29) is 12.5 Å². The van der Waals surface area contributed by atoms with Crippen molar-refractivity contribution >= 4 is 62.2 Å². The van der Waals surface area contributed by atoms with Crippen molar-refractivity contribution < 1.29 is 23.8 Å². The lowest BCUT2D eigenvalue weighted by Crippen LogP contribution is -2.27. The number of amides is 1. The van der Waals surface area contributed by atoms with E-state index in [1.165, 1.54) is 26.0 Å². The number of ether oxygens (including phenoxy) is 3. The summed E-state index contributed by atoms with van der Waals surface area (Å²) in [6, 6.07) is 11.4. The van der Waals surface area contributed by atoms with Crippen LogP contribution in [0.5, 0.6) is 11.5 Å². The van der Waals surface area contributed by atoms with Crippen LogP contribution in [0, 0.1) is 6.92 Å². The number of rotatable bonds is 7. The first-order chi connectivity index (χ1) is 14.8. The fourth-order valence-electron chi connectivity index (χ4n) is 2.78. The molecule has 1 fully saturated rings. The molecule has 0 unspecified atom stereocenters. The molecule has 0 saturated carbocycles. The van der Waals surface area contributed by atoms with Gasteiger partial charge < -0.3 is 14.2 Å². The molecular weight excluding hydrogens is 502 g/mol. The van der Waals surface area contributed by atoms with E-state index in [2.05, 4.69) is 20.7 Å². The molecule has 2 aromatic carbocycles. The minimum atomic E-state index is -0.500. The van der Waals surface area contributed by atoms with Gasteiger partial charge in [0, 0.05) is 4.47 Å². The Morgan fingerprint density at radius 1 is 1.19 bits per heavy atom. The molecule has 9 heteroatoms. The van der Waals surface area contributed by atoms with E-state index in [9.17, 15) is 9.59 Å². The molecule has 6 nitrogen and oxygen atoms in total. The van der Waals surface area contributed by atoms with Gasteiger partial charge in [-0.2, -0.15) is 0 Å². The minimum absolute atomic E-state index is 0.146. The molecule has 1 aliphatic heterocycles. The number of hydrogen-bond donors (Lipinski definition) is 0. The largest absolute Gasteiger partial charge is 0.493 e. The van der Waals surface area contributed by atoms with Crippen molar-refractivity contribution in [2.75, 3.05) is 20.8 Å². The quantitative estimate of drug-likeness (QED) is 0.296. The Hall–Kier alpha value is -2.36. The predicted molar refractivity (Wildman–Crippen MR) is 128 cm³/mol. The first kappa shape index (κ1) is 23.3. The van der Waals surface area contributed by atoms with Crippen molar-refractivity contribution in [3.05, 3.63) is 62.5 Å². The third kappa shape index (κ3) is 5.66. The van der Waals surface area contributed by atoms with Crippen molar-refractivity contribution in [2.45, 2.75) is 13.5 Å². The average molecular weight is 522 g/mol. The molecular formula is C22H20BrNO5S2. The summed E-state index contributed by atoms with van der Waals surface area (Å²) in [4.78, 5) is 26.4. The van der Waals surface area contributed by atoms with Gasteiger partial charge in [0.2, 0.25) is 0 Å². The molecule has 31 heavy (non-hydrogen) atoms. The van der Waals surface area contributed by atoms with Crippen LogP contribution in [-0.2, 0) is 20.9 Å². The zero-order valence-corrected chi connectivity index (χ0v) is 20.4. The van der Waals surface area contributed by atoms with E-state index in [1.807, 2.05) is 31.2 Å². The maximum absolute atomic E-state index is 13.0. The van der Waals surface area contributed by atoms with Gasteiger partial charge in [0.15, 0.2) is 18.1 Å². The number of benzene rings is 2. The SMILES string of the molecule is COC(=O)COc1cc(Br)c(C=C2SC(=S)N(Cc3ccc(C)cc3)C2=O)cc1OC. The van der Waals surface area contributed by atoms with Gasteiger partial charge in [-0.25, -0.2) is 4.79 Å². The van der Waals surface area contributed by atoms with Gasteiger partial charge in [-0.1, -0.05) is 69.7 Å². The molecule has 0 N–H and O–H groups in total. The van der Waals surface area contributed by atoms with Crippen molar-refractivity contribution in [3.8, 4) is 11.5 Å². The fraction of sp³-hybridized carbons (Fsp3) is 0.227. The molecule has 162 valence electrons. The summed E-state index contributed by atoms with van der Waals surface area (Å²) in [6.07, 6.45) is 1.76. The van der Waals surface area contributed by atoms with Gasteiger partial charge in [0.05, 0.1) is 25.7 Å². The Morgan fingerprint density at radius 2 is 1.90 bits per heavy atom. The molecule has 0 spiro atoms. The summed E-state index contributed by atoms with van der Waals surface area (Å²) in [5.74, 6) is 0.157. The molecule has 0 radical (unpaired) electrons. The van der Waals surface area contributed by atoms with Crippen molar-refractivity contribution in [2.24, 2.45) is 0 Å². The highest BCUT2D eigenvalue weighted by Gasteiger charge is 2.32. The summed E-state index contributed by atoms with van der Waals surface area (Å²) in [5.41, 5.74) is 2.89. The summed E-state index contributed by atoms with van der Waals surface area (Å²) < 4.78 is 16.6. The van der Waals surface area contributed by atoms with Gasteiger partial charge in [-0.15, -0.1) is 0 Å². The Kier molecular flexibility index (Phi) is 7.74. The van der Waals surface area contributed by atoms with Crippen LogP contribution in [0.3, 0.4) is 0 Å². The number of aryl methyl sites for hydroxylation is 1. The zero-order chi connectivity index (χ0) is 22.5. The Labute approximate surface area is 198 Å². The predicted octanol–water partition coefficient (Wildman–Crippen LogP) is 4.72. The fourth-order valence-corrected chi connectivity index (χ4v) is 4.47. The summed E-state index contributed by atoms with van der Waals surface area (Å²) in [6.45, 7) is 2.20. The monoisotopic (exact) mass is 521 g/mol. The normalized spacial score (nSPS) is 14.8. The van der Waals surface area contributed by atoms with Crippen LogP contribution in [0.1, 0.15) is 16.7 Å². The molecule has 1 aliphatic rings. The molecule has 2 aromatic rings. The minimum Gasteiger partial charge on any atom is -0.493 e. The number of esters is 1. The van der Waals surface area contributed by atoms with E-state index in [4.69, 9.17) is 21.7 Å². The van der Waals surface area contributed by atoms with Crippen molar-refractivity contribution in [3.63, 3.8) is 0 Å². The standard InChI is InChI=1S/C22H20BrNO5S2/c1-13-4-6-14(7-5-13)11-24-21(26)19(31-22(24)30)9-15-8-17(27-2)18(10-16(15)23)29-12-20(25)28-3/h4-10H,11-12H2,1-3H3. The van der Waals surface area contributed by atoms with Crippen molar-refractivity contribution in [1.82, 2.24) is 4.90 Å². The van der Waals surface area contributed by atoms with E-state index < -0.39 is 5.97 Å². The van der Waals surface area contributed by atoms with Gasteiger partial charge in [0.1, 0.15) is 4.32 Å². The lowest BCUT2D eigenvalue weighted by atomic mass is 10.1. The number of hydrogen-bond acceptors (Lipinski definition) is 7. The summed E-state index contributed by atoms with van der Waals surface area (Å²) in [7, 11) is 2.79. The number of methoxy groups -OCH3 is 2. The van der Waals surface area contributed by atoms with Crippen LogP contribution in [0.15, 0.2) is 45.8 Å². The Balaban J connectivity index is 1.82. The third-order valence-electron chi connectivity index (χ3n) is 4.48. The number of carbonyl (C=O) groups excluding carboxylic acids is 2. The number of carbonyl (C=O) groups is 2. The molecule has 1 amide bonds. The van der Waals surface area contributed by atoms with E-state index in [0.29, 0.717) is 31.7 Å². The smallest absolute Gasteiger partial charge is 0.343 e. The van der Waals surface area contributed by atoms with Gasteiger partial charge in [-0.3, -0.25) is 9.69 Å². The summed E-state index contributed by atoms with van der Waals surface area (Å²) in [5, 5.41) is 0. The Bertz CT molecular complexity index is 1050. The highest BCUT2D eigenvalue weighted by Crippen LogP contribution is 2.38. The molecule has 3 rings (SSSR count). The lowest BCUT2D eigenvalue weighted by Gasteiger charge is -2.14. The van der Waals surface area contributed by atoms with Gasteiger partial charge in [-0.05, 0) is 36.3 Å². The van der Waals surface area contributed by atoms with Crippen LogP contribution < -0.4 is 9.47 Å². The molecule has 0 aromatic heterocycles. The number of halogens is 1. The van der Waals surface area contributed by atoms with Gasteiger partial charge in [0.25, 0.3) is 5.91 Å². The van der Waals surface area contributed by atoms with E-state index in [0.717, 1.165) is 16.7 Å². The van der Waals surface area contributed by atoms with Crippen LogP contribution in [0.2, 0.25) is 0 Å². The second kappa shape index (κ2) is 10.3. The maximum Gasteiger partial charge on any atom is 0.343 e. The zero-order valence-electron chi connectivity index (χ0n) is 17.1. The average Bonchev–Trinajstić information content (AvgIpc) is 3.02. The highest BCUT2D eigenvalue weighted by molar-refractivity contribution is 9.10. The number of thioether (sulfide) groups is 1.